The number of nitrogens with one attached hydrogen (secondary N) is 2. The van der Waals surface area contributed by atoms with Crippen molar-refractivity contribution in [1.82, 2.24) is 9.99 Å². The Hall–Kier alpha value is -0.960. The van der Waals surface area contributed by atoms with Gasteiger partial charge in [-0.3, -0.25) is 4.68 Å². The molecule has 60 valence electrons. The second kappa shape index (κ2) is 2.96. The van der Waals surface area contributed by atoms with E-state index in [0.717, 1.165) is 13.1 Å². The maximum Gasteiger partial charge on any atom is 0.0560 e. The molecule has 0 spiro atoms. The maximum absolute atomic E-state index is 3.38. The van der Waals surface area contributed by atoms with E-state index in [4.69, 9.17) is 0 Å². The van der Waals surface area contributed by atoms with E-state index in [1.54, 1.807) is 0 Å². The highest BCUT2D eigenvalue weighted by Gasteiger charge is 2.12. The molecule has 1 aliphatic rings. The maximum atomic E-state index is 3.38. The van der Waals surface area contributed by atoms with Gasteiger partial charge in [-0.15, -0.1) is 0 Å². The molecule has 0 aliphatic carbocycles. The molecule has 1 aliphatic heterocycles. The molecule has 0 radical (unpaired) electrons. The molecule has 1 aromatic rings. The van der Waals surface area contributed by atoms with Crippen LogP contribution < -0.4 is 10.7 Å². The molecule has 1 atom stereocenters. The molecule has 1 unspecified atom stereocenters. The first-order valence-electron chi connectivity index (χ1n) is 4.05. The summed E-state index contributed by atoms with van der Waals surface area (Å²) >= 11 is 0. The van der Waals surface area contributed by atoms with Crippen molar-refractivity contribution in [3.63, 3.8) is 0 Å². The van der Waals surface area contributed by atoms with Gasteiger partial charge in [0.2, 0.25) is 0 Å². The monoisotopic (exact) mass is 151 g/mol. The molecule has 2 rings (SSSR count). The lowest BCUT2D eigenvalue weighted by Gasteiger charge is -2.13. The SMILES string of the molecule is c1ccn(NC2CCNC2)c1. The van der Waals surface area contributed by atoms with Gasteiger partial charge in [0.1, 0.15) is 0 Å². The van der Waals surface area contributed by atoms with Crippen LogP contribution in [0.5, 0.6) is 0 Å². The van der Waals surface area contributed by atoms with Gasteiger partial charge in [0.05, 0.1) is 6.04 Å². The van der Waals surface area contributed by atoms with Crippen LogP contribution >= 0.6 is 0 Å². The summed E-state index contributed by atoms with van der Waals surface area (Å²) in [4.78, 5) is 0. The summed E-state index contributed by atoms with van der Waals surface area (Å²) in [6.07, 6.45) is 5.27. The molecular formula is C8H13N3. The van der Waals surface area contributed by atoms with Gasteiger partial charge in [-0.25, -0.2) is 0 Å². The highest BCUT2D eigenvalue weighted by molar-refractivity contribution is 4.97. The average Bonchev–Trinajstić information content (AvgIpc) is 2.60. The van der Waals surface area contributed by atoms with Gasteiger partial charge in [0.25, 0.3) is 0 Å². The smallest absolute Gasteiger partial charge is 0.0560 e. The number of rotatable bonds is 2. The van der Waals surface area contributed by atoms with Gasteiger partial charge < -0.3 is 10.7 Å². The highest BCUT2D eigenvalue weighted by Crippen LogP contribution is 1.99. The molecule has 0 amide bonds. The van der Waals surface area contributed by atoms with Gasteiger partial charge in [-0.05, 0) is 25.1 Å². The number of hydrogen-bond acceptors (Lipinski definition) is 2. The van der Waals surface area contributed by atoms with Crippen LogP contribution in [0.25, 0.3) is 0 Å². The average molecular weight is 151 g/mol. The lowest BCUT2D eigenvalue weighted by atomic mass is 10.3. The third-order valence-corrected chi connectivity index (χ3v) is 2.00. The Morgan fingerprint density at radius 2 is 2.18 bits per heavy atom. The molecule has 3 nitrogen and oxygen atoms in total. The van der Waals surface area contributed by atoms with Crippen LogP contribution in [0, 0.1) is 0 Å². The minimum absolute atomic E-state index is 0.599. The van der Waals surface area contributed by atoms with Crippen LogP contribution in [-0.4, -0.2) is 23.8 Å². The van der Waals surface area contributed by atoms with Crippen molar-refractivity contribution in [2.24, 2.45) is 0 Å². The van der Waals surface area contributed by atoms with E-state index in [1.165, 1.54) is 6.42 Å². The van der Waals surface area contributed by atoms with Crippen molar-refractivity contribution in [3.05, 3.63) is 24.5 Å². The molecule has 0 saturated carbocycles. The second-order valence-corrected chi connectivity index (χ2v) is 2.91. The van der Waals surface area contributed by atoms with Crippen LogP contribution in [-0.2, 0) is 0 Å². The van der Waals surface area contributed by atoms with Crippen molar-refractivity contribution in [1.29, 1.82) is 0 Å². The summed E-state index contributed by atoms with van der Waals surface area (Å²) in [6, 6.07) is 4.65. The molecule has 0 aromatic carbocycles. The number of nitrogens with zero attached hydrogens (tertiary/aromatic N) is 1. The quantitative estimate of drug-likeness (QED) is 0.640. The Labute approximate surface area is 66.4 Å². The molecule has 1 saturated heterocycles. The Balaban J connectivity index is 1.90. The van der Waals surface area contributed by atoms with Crippen LogP contribution in [0.1, 0.15) is 6.42 Å². The fourth-order valence-corrected chi connectivity index (χ4v) is 1.40. The third kappa shape index (κ3) is 1.54. The van der Waals surface area contributed by atoms with Crippen molar-refractivity contribution in [2.75, 3.05) is 18.5 Å². The summed E-state index contributed by atoms with van der Waals surface area (Å²) < 4.78 is 2.01. The fourth-order valence-electron chi connectivity index (χ4n) is 1.40. The first kappa shape index (κ1) is 6.73. The molecule has 2 N–H and O–H groups in total. The standard InChI is InChI=1S/C8H13N3/c1-2-6-11(5-1)10-8-3-4-9-7-8/h1-2,5-6,8-10H,3-4,7H2. The van der Waals surface area contributed by atoms with Gasteiger partial charge in [-0.1, -0.05) is 0 Å². The van der Waals surface area contributed by atoms with Crippen molar-refractivity contribution < 1.29 is 0 Å². The Bertz CT molecular complexity index is 199. The second-order valence-electron chi connectivity index (χ2n) is 2.91. The zero-order valence-electron chi connectivity index (χ0n) is 6.46. The van der Waals surface area contributed by atoms with E-state index in [0.29, 0.717) is 6.04 Å². The van der Waals surface area contributed by atoms with E-state index >= 15 is 0 Å². The Morgan fingerprint density at radius 1 is 1.36 bits per heavy atom. The van der Waals surface area contributed by atoms with E-state index in [2.05, 4.69) is 10.7 Å². The molecule has 0 bridgehead atoms. The zero-order chi connectivity index (χ0) is 7.52. The number of aromatic nitrogens is 1. The van der Waals surface area contributed by atoms with Gasteiger partial charge >= 0.3 is 0 Å². The van der Waals surface area contributed by atoms with Crippen molar-refractivity contribution >= 4 is 0 Å². The van der Waals surface area contributed by atoms with Gasteiger partial charge in [0.15, 0.2) is 0 Å². The molecule has 3 heteroatoms. The normalized spacial score (nSPS) is 23.8. The van der Waals surface area contributed by atoms with Crippen LogP contribution in [0.3, 0.4) is 0 Å². The molecule has 11 heavy (non-hydrogen) atoms. The minimum Gasteiger partial charge on any atom is -0.322 e. The van der Waals surface area contributed by atoms with Crippen molar-refractivity contribution in [2.45, 2.75) is 12.5 Å². The highest BCUT2D eigenvalue weighted by atomic mass is 15.4. The third-order valence-electron chi connectivity index (χ3n) is 2.00. The van der Waals surface area contributed by atoms with E-state index < -0.39 is 0 Å². The summed E-state index contributed by atoms with van der Waals surface area (Å²) in [7, 11) is 0. The van der Waals surface area contributed by atoms with Crippen LogP contribution in [0.2, 0.25) is 0 Å². The van der Waals surface area contributed by atoms with E-state index in [-0.39, 0.29) is 0 Å². The Morgan fingerprint density at radius 3 is 2.82 bits per heavy atom. The summed E-state index contributed by atoms with van der Waals surface area (Å²) in [5.74, 6) is 0. The molecule has 1 aromatic heterocycles. The summed E-state index contributed by atoms with van der Waals surface area (Å²) in [5, 5.41) is 3.31. The predicted octanol–water partition coefficient (Wildman–Crippen LogP) is 0.393. The van der Waals surface area contributed by atoms with Crippen LogP contribution in [0.15, 0.2) is 24.5 Å². The topological polar surface area (TPSA) is 29.0 Å². The molecule has 2 heterocycles. The Kier molecular flexibility index (Phi) is 1.81. The van der Waals surface area contributed by atoms with Crippen molar-refractivity contribution in [3.8, 4) is 0 Å². The molecular weight excluding hydrogens is 138 g/mol. The molecule has 1 fully saturated rings. The first-order chi connectivity index (χ1) is 5.45. The van der Waals surface area contributed by atoms with Crippen LogP contribution in [0.4, 0.5) is 0 Å². The van der Waals surface area contributed by atoms with Gasteiger partial charge in [0, 0.05) is 18.9 Å². The zero-order valence-corrected chi connectivity index (χ0v) is 6.46. The first-order valence-corrected chi connectivity index (χ1v) is 4.05. The van der Waals surface area contributed by atoms with E-state index in [9.17, 15) is 0 Å². The largest absolute Gasteiger partial charge is 0.322 e. The van der Waals surface area contributed by atoms with Gasteiger partial charge in [-0.2, -0.15) is 0 Å². The van der Waals surface area contributed by atoms with E-state index in [1.807, 2.05) is 29.2 Å². The lowest BCUT2D eigenvalue weighted by Crippen LogP contribution is -2.28. The predicted molar refractivity (Wildman–Crippen MR) is 45.1 cm³/mol. The summed E-state index contributed by atoms with van der Waals surface area (Å²) in [5.41, 5.74) is 3.38. The minimum atomic E-state index is 0.599. The number of hydrogen-bond donors (Lipinski definition) is 2. The summed E-state index contributed by atoms with van der Waals surface area (Å²) in [6.45, 7) is 2.22. The fraction of sp³-hybridized carbons (Fsp3) is 0.500. The lowest BCUT2D eigenvalue weighted by molar-refractivity contribution is 0.685.